The van der Waals surface area contributed by atoms with Crippen molar-refractivity contribution in [2.45, 2.75) is 40.2 Å². The maximum atomic E-state index is 4.70. The van der Waals surface area contributed by atoms with E-state index in [9.17, 15) is 0 Å². The predicted molar refractivity (Wildman–Crippen MR) is 81.4 cm³/mol. The zero-order valence-electron chi connectivity index (χ0n) is 12.3. The molecule has 1 N–H and O–H groups in total. The monoisotopic (exact) mass is 259 g/mol. The van der Waals surface area contributed by atoms with Crippen LogP contribution in [0.3, 0.4) is 0 Å². The molecule has 104 valence electrons. The van der Waals surface area contributed by atoms with Crippen molar-refractivity contribution in [2.24, 2.45) is 5.92 Å². The van der Waals surface area contributed by atoms with E-state index in [1.807, 2.05) is 0 Å². The van der Waals surface area contributed by atoms with Crippen LogP contribution < -0.4 is 5.32 Å². The summed E-state index contributed by atoms with van der Waals surface area (Å²) in [6, 6.07) is 8.42. The Morgan fingerprint density at radius 2 is 2.05 bits per heavy atom. The van der Waals surface area contributed by atoms with Crippen molar-refractivity contribution in [1.82, 2.24) is 14.9 Å². The number of para-hydroxylation sites is 2. The second kappa shape index (κ2) is 6.71. The molecule has 0 atom stereocenters. The molecule has 0 bridgehead atoms. The summed E-state index contributed by atoms with van der Waals surface area (Å²) in [4.78, 5) is 4.70. The third-order valence-electron chi connectivity index (χ3n) is 3.34. The van der Waals surface area contributed by atoms with Crippen LogP contribution in [0.15, 0.2) is 24.3 Å². The van der Waals surface area contributed by atoms with Crippen molar-refractivity contribution in [3.63, 3.8) is 0 Å². The van der Waals surface area contributed by atoms with Gasteiger partial charge in [-0.25, -0.2) is 4.98 Å². The van der Waals surface area contributed by atoms with Crippen LogP contribution in [0.4, 0.5) is 0 Å². The van der Waals surface area contributed by atoms with Gasteiger partial charge in [0.2, 0.25) is 0 Å². The lowest BCUT2D eigenvalue weighted by Crippen LogP contribution is -2.22. The second-order valence-corrected chi connectivity index (χ2v) is 5.47. The summed E-state index contributed by atoms with van der Waals surface area (Å²) in [7, 11) is 0. The molecule has 0 aliphatic carbocycles. The average Bonchev–Trinajstić information content (AvgIpc) is 2.76. The number of fused-ring (bicyclic) bond motifs is 1. The number of hydrogen-bond acceptors (Lipinski definition) is 2. The lowest BCUT2D eigenvalue weighted by atomic mass is 10.2. The number of aryl methyl sites for hydroxylation is 2. The Hall–Kier alpha value is -1.35. The van der Waals surface area contributed by atoms with Gasteiger partial charge in [-0.15, -0.1) is 0 Å². The molecule has 2 rings (SSSR count). The van der Waals surface area contributed by atoms with Gasteiger partial charge in [0, 0.05) is 13.0 Å². The Morgan fingerprint density at radius 3 is 2.79 bits per heavy atom. The van der Waals surface area contributed by atoms with Crippen LogP contribution in [0.25, 0.3) is 11.0 Å². The first kappa shape index (κ1) is 14.1. The molecule has 0 aliphatic heterocycles. The molecule has 0 amide bonds. The van der Waals surface area contributed by atoms with E-state index >= 15 is 0 Å². The highest BCUT2D eigenvalue weighted by Crippen LogP contribution is 2.16. The molecule has 1 aromatic carbocycles. The topological polar surface area (TPSA) is 29.9 Å². The summed E-state index contributed by atoms with van der Waals surface area (Å²) in [5.41, 5.74) is 2.39. The number of nitrogens with one attached hydrogen (secondary N) is 1. The summed E-state index contributed by atoms with van der Waals surface area (Å²) in [5, 5.41) is 3.50. The fourth-order valence-corrected chi connectivity index (χ4v) is 2.40. The van der Waals surface area contributed by atoms with Crippen LogP contribution in [-0.2, 0) is 13.0 Å². The fourth-order valence-electron chi connectivity index (χ4n) is 2.40. The minimum absolute atomic E-state index is 0.722. The first-order valence-electron chi connectivity index (χ1n) is 7.37. The number of nitrogens with zero attached hydrogens (tertiary/aromatic N) is 2. The van der Waals surface area contributed by atoms with Crippen LogP contribution in [0, 0.1) is 5.92 Å². The van der Waals surface area contributed by atoms with E-state index in [2.05, 4.69) is 54.9 Å². The smallest absolute Gasteiger partial charge is 0.109 e. The van der Waals surface area contributed by atoms with Crippen LogP contribution in [0.5, 0.6) is 0 Å². The summed E-state index contributed by atoms with van der Waals surface area (Å²) in [6.07, 6.45) is 2.15. The molecule has 0 unspecified atom stereocenters. The van der Waals surface area contributed by atoms with Gasteiger partial charge in [-0.1, -0.05) is 32.9 Å². The van der Waals surface area contributed by atoms with Gasteiger partial charge in [0.05, 0.1) is 11.0 Å². The molecule has 0 spiro atoms. The van der Waals surface area contributed by atoms with Gasteiger partial charge in [0.1, 0.15) is 5.82 Å². The van der Waals surface area contributed by atoms with E-state index in [0.29, 0.717) is 0 Å². The highest BCUT2D eigenvalue weighted by molar-refractivity contribution is 5.75. The Morgan fingerprint density at radius 1 is 1.26 bits per heavy atom. The lowest BCUT2D eigenvalue weighted by Gasteiger charge is -2.10. The molecular formula is C16H25N3. The van der Waals surface area contributed by atoms with Gasteiger partial charge in [-0.05, 0) is 37.6 Å². The molecule has 0 aliphatic rings. The van der Waals surface area contributed by atoms with E-state index in [1.165, 1.54) is 11.3 Å². The van der Waals surface area contributed by atoms with Crippen molar-refractivity contribution in [3.05, 3.63) is 30.1 Å². The van der Waals surface area contributed by atoms with Crippen molar-refractivity contribution >= 4 is 11.0 Å². The maximum Gasteiger partial charge on any atom is 0.109 e. The summed E-state index contributed by atoms with van der Waals surface area (Å²) in [6.45, 7) is 9.89. The highest BCUT2D eigenvalue weighted by atomic mass is 15.1. The van der Waals surface area contributed by atoms with Crippen LogP contribution >= 0.6 is 0 Å². The number of aromatic nitrogens is 2. The van der Waals surface area contributed by atoms with Crippen molar-refractivity contribution in [2.75, 3.05) is 13.1 Å². The molecule has 0 saturated heterocycles. The number of rotatable bonds is 7. The Labute approximate surface area is 116 Å². The van der Waals surface area contributed by atoms with E-state index in [-0.39, 0.29) is 0 Å². The predicted octanol–water partition coefficient (Wildman–Crippen LogP) is 3.23. The molecule has 1 heterocycles. The largest absolute Gasteiger partial charge is 0.328 e. The molecular weight excluding hydrogens is 234 g/mol. The minimum atomic E-state index is 0.722. The number of benzene rings is 1. The number of hydrogen-bond donors (Lipinski definition) is 1. The molecule has 3 nitrogen and oxygen atoms in total. The second-order valence-electron chi connectivity index (χ2n) is 5.47. The highest BCUT2D eigenvalue weighted by Gasteiger charge is 2.07. The van der Waals surface area contributed by atoms with Gasteiger partial charge in [0.25, 0.3) is 0 Å². The van der Waals surface area contributed by atoms with Crippen molar-refractivity contribution in [3.8, 4) is 0 Å². The average molecular weight is 259 g/mol. The van der Waals surface area contributed by atoms with Crippen molar-refractivity contribution in [1.29, 1.82) is 0 Å². The van der Waals surface area contributed by atoms with E-state index in [4.69, 9.17) is 4.98 Å². The fraction of sp³-hybridized carbons (Fsp3) is 0.562. The Kier molecular flexibility index (Phi) is 4.97. The van der Waals surface area contributed by atoms with Gasteiger partial charge in [-0.3, -0.25) is 0 Å². The SMILES string of the molecule is CCc1nc2ccccc2n1CCCNCC(C)C. The van der Waals surface area contributed by atoms with E-state index in [0.717, 1.165) is 43.9 Å². The normalized spacial score (nSPS) is 11.6. The molecule has 2 aromatic rings. The van der Waals surface area contributed by atoms with Crippen LogP contribution in [0.2, 0.25) is 0 Å². The Bertz CT molecular complexity index is 514. The quantitative estimate of drug-likeness (QED) is 0.774. The molecule has 0 fully saturated rings. The third-order valence-corrected chi connectivity index (χ3v) is 3.34. The molecule has 3 heteroatoms. The van der Waals surface area contributed by atoms with Crippen LogP contribution in [-0.4, -0.2) is 22.6 Å². The third kappa shape index (κ3) is 3.57. The number of imidazole rings is 1. The molecule has 0 radical (unpaired) electrons. The molecule has 1 aromatic heterocycles. The summed E-state index contributed by atoms with van der Waals surface area (Å²) < 4.78 is 2.37. The van der Waals surface area contributed by atoms with E-state index < -0.39 is 0 Å². The molecule has 0 saturated carbocycles. The Balaban J connectivity index is 1.99. The van der Waals surface area contributed by atoms with Crippen molar-refractivity contribution < 1.29 is 0 Å². The lowest BCUT2D eigenvalue weighted by molar-refractivity contribution is 0.520. The molecule has 19 heavy (non-hydrogen) atoms. The first-order chi connectivity index (χ1) is 9.22. The maximum absolute atomic E-state index is 4.70. The van der Waals surface area contributed by atoms with Gasteiger partial charge < -0.3 is 9.88 Å². The summed E-state index contributed by atoms with van der Waals surface area (Å²) in [5.74, 6) is 1.92. The van der Waals surface area contributed by atoms with Gasteiger partial charge in [-0.2, -0.15) is 0 Å². The standard InChI is InChI=1S/C16H25N3/c1-4-16-18-14-8-5-6-9-15(14)19(16)11-7-10-17-12-13(2)3/h5-6,8-9,13,17H,4,7,10-12H2,1-3H3. The minimum Gasteiger partial charge on any atom is -0.328 e. The zero-order valence-corrected chi connectivity index (χ0v) is 12.3. The zero-order chi connectivity index (χ0) is 13.7. The first-order valence-corrected chi connectivity index (χ1v) is 7.37. The summed E-state index contributed by atoms with van der Waals surface area (Å²) >= 11 is 0. The van der Waals surface area contributed by atoms with Gasteiger partial charge >= 0.3 is 0 Å². The van der Waals surface area contributed by atoms with Gasteiger partial charge in [0.15, 0.2) is 0 Å². The van der Waals surface area contributed by atoms with E-state index in [1.54, 1.807) is 0 Å². The van der Waals surface area contributed by atoms with Crippen LogP contribution in [0.1, 0.15) is 33.0 Å².